The molecule has 0 N–H and O–H groups in total. The molecule has 1 heterocycles. The van der Waals surface area contributed by atoms with Gasteiger partial charge in [-0.05, 0) is 24.6 Å². The van der Waals surface area contributed by atoms with Crippen LogP contribution in [-0.2, 0) is 21.4 Å². The summed E-state index contributed by atoms with van der Waals surface area (Å²) < 4.78 is 26.5. The molecule has 0 saturated carbocycles. The Hall–Kier alpha value is -1.95. The lowest BCUT2D eigenvalue weighted by atomic mass is 10.2. The van der Waals surface area contributed by atoms with Gasteiger partial charge in [0.25, 0.3) is 5.91 Å². The van der Waals surface area contributed by atoms with Gasteiger partial charge in [0.2, 0.25) is 10.0 Å². The van der Waals surface area contributed by atoms with E-state index in [-0.39, 0.29) is 13.1 Å². The van der Waals surface area contributed by atoms with Gasteiger partial charge in [0.15, 0.2) is 4.80 Å². The lowest BCUT2D eigenvalue weighted by Gasteiger charge is -2.10. The summed E-state index contributed by atoms with van der Waals surface area (Å²) in [6, 6.07) is 5.90. The second kappa shape index (κ2) is 6.66. The van der Waals surface area contributed by atoms with E-state index < -0.39 is 15.9 Å². The molecule has 0 aliphatic carbocycles. The zero-order chi connectivity index (χ0) is 17.2. The maximum Gasteiger partial charge on any atom is 0.263 e. The second-order valence-electron chi connectivity index (χ2n) is 5.17. The second-order valence-corrected chi connectivity index (χ2v) is 8.27. The number of benzene rings is 1. The van der Waals surface area contributed by atoms with E-state index >= 15 is 0 Å². The van der Waals surface area contributed by atoms with Gasteiger partial charge in [0.1, 0.15) is 0 Å². The molecule has 2 rings (SSSR count). The summed E-state index contributed by atoms with van der Waals surface area (Å²) in [4.78, 5) is 16.5. The Morgan fingerprint density at radius 1 is 1.48 bits per heavy atom. The summed E-state index contributed by atoms with van der Waals surface area (Å²) in [5.74, 6) is 2.01. The molecule has 6 nitrogen and oxygen atoms in total. The number of thiazole rings is 1. The van der Waals surface area contributed by atoms with Crippen molar-refractivity contribution in [2.75, 3.05) is 19.8 Å². The molecule has 1 aromatic carbocycles. The predicted molar refractivity (Wildman–Crippen MR) is 91.4 cm³/mol. The summed E-state index contributed by atoms with van der Waals surface area (Å²) in [6.07, 6.45) is 6.44. The van der Waals surface area contributed by atoms with Crippen molar-refractivity contribution in [1.29, 1.82) is 0 Å². The minimum absolute atomic E-state index is 0.289. The number of nitrogens with zero attached hydrogens (tertiary/aromatic N) is 3. The molecule has 122 valence electrons. The third kappa shape index (κ3) is 4.07. The third-order valence-electron chi connectivity index (χ3n) is 3.23. The smallest absolute Gasteiger partial charge is 0.263 e. The molecule has 0 fully saturated rings. The van der Waals surface area contributed by atoms with Crippen LogP contribution >= 0.6 is 11.3 Å². The van der Waals surface area contributed by atoms with E-state index in [0.29, 0.717) is 4.80 Å². The Morgan fingerprint density at radius 3 is 2.78 bits per heavy atom. The average Bonchev–Trinajstić information content (AvgIpc) is 2.75. The number of aryl methyl sites for hydroxylation is 1. The molecule has 23 heavy (non-hydrogen) atoms. The number of carbonyl (C=O) groups excluding carboxylic acids is 1. The van der Waals surface area contributed by atoms with Gasteiger partial charge < -0.3 is 4.57 Å². The van der Waals surface area contributed by atoms with Gasteiger partial charge in [-0.15, -0.1) is 6.42 Å². The molecule has 0 atom stereocenters. The molecule has 0 radical (unpaired) electrons. The molecule has 2 aromatic rings. The van der Waals surface area contributed by atoms with Gasteiger partial charge in [0, 0.05) is 7.05 Å². The molecule has 0 spiro atoms. The van der Waals surface area contributed by atoms with E-state index in [9.17, 15) is 13.2 Å². The van der Waals surface area contributed by atoms with Crippen LogP contribution in [0.1, 0.15) is 5.56 Å². The minimum Gasteiger partial charge on any atom is -0.305 e. The first-order chi connectivity index (χ1) is 10.7. The summed E-state index contributed by atoms with van der Waals surface area (Å²) >= 11 is 1.35. The van der Waals surface area contributed by atoms with Crippen LogP contribution in [0.2, 0.25) is 0 Å². The normalized spacial score (nSPS) is 12.7. The number of aromatic nitrogens is 1. The van der Waals surface area contributed by atoms with Crippen molar-refractivity contribution >= 4 is 37.5 Å². The Labute approximate surface area is 139 Å². The number of likely N-dealkylation sites (N-methyl/N-ethyl adjacent to an activating group) is 1. The molecule has 8 heteroatoms. The fraction of sp³-hybridized carbons (Fsp3) is 0.333. The molecular formula is C15H17N3O3S2. The fourth-order valence-corrected chi connectivity index (χ4v) is 3.45. The quantitative estimate of drug-likeness (QED) is 0.771. The van der Waals surface area contributed by atoms with Crippen LogP contribution in [0.15, 0.2) is 23.2 Å². The average molecular weight is 351 g/mol. The van der Waals surface area contributed by atoms with Crippen molar-refractivity contribution in [3.8, 4) is 12.3 Å². The van der Waals surface area contributed by atoms with Gasteiger partial charge in [-0.1, -0.05) is 23.3 Å². The van der Waals surface area contributed by atoms with E-state index in [4.69, 9.17) is 6.42 Å². The minimum atomic E-state index is -3.42. The zero-order valence-electron chi connectivity index (χ0n) is 13.1. The summed E-state index contributed by atoms with van der Waals surface area (Å²) in [5.41, 5.74) is 2.00. The van der Waals surface area contributed by atoms with Crippen molar-refractivity contribution in [3.63, 3.8) is 0 Å². The van der Waals surface area contributed by atoms with E-state index in [2.05, 4.69) is 10.9 Å². The molecule has 0 aliphatic heterocycles. The lowest BCUT2D eigenvalue weighted by Crippen LogP contribution is -2.31. The van der Waals surface area contributed by atoms with E-state index in [0.717, 1.165) is 26.3 Å². The number of hydrogen-bond donors (Lipinski definition) is 0. The Bertz CT molecular complexity index is 962. The zero-order valence-corrected chi connectivity index (χ0v) is 14.7. The van der Waals surface area contributed by atoms with Gasteiger partial charge in [-0.3, -0.25) is 4.79 Å². The first kappa shape index (κ1) is 17.4. The summed E-state index contributed by atoms with van der Waals surface area (Å²) in [6.45, 7) is 1.97. The predicted octanol–water partition coefficient (Wildman–Crippen LogP) is 0.963. The number of carbonyl (C=O) groups is 1. The molecular weight excluding hydrogens is 334 g/mol. The standard InChI is InChI=1S/C15H17N3O3S2/c1-5-8-18-12-7-6-11(2)9-13(12)22-15(18)16-14(19)10-17(3)23(4,20)21/h1,6-7,9H,8,10H2,2-4H3. The van der Waals surface area contributed by atoms with Crippen molar-refractivity contribution in [3.05, 3.63) is 28.6 Å². The number of fused-ring (bicyclic) bond motifs is 1. The maximum atomic E-state index is 12.0. The first-order valence-electron chi connectivity index (χ1n) is 6.74. The van der Waals surface area contributed by atoms with Crippen molar-refractivity contribution in [1.82, 2.24) is 8.87 Å². The van der Waals surface area contributed by atoms with Crippen molar-refractivity contribution in [2.24, 2.45) is 4.99 Å². The Balaban J connectivity index is 2.47. The third-order valence-corrected chi connectivity index (χ3v) is 5.53. The molecule has 0 bridgehead atoms. The molecule has 1 amide bonds. The largest absolute Gasteiger partial charge is 0.305 e. The lowest BCUT2D eigenvalue weighted by molar-refractivity contribution is -0.118. The van der Waals surface area contributed by atoms with Crippen LogP contribution in [0.25, 0.3) is 10.2 Å². The van der Waals surface area contributed by atoms with Gasteiger partial charge >= 0.3 is 0 Å². The number of sulfonamides is 1. The number of amides is 1. The topological polar surface area (TPSA) is 71.7 Å². The van der Waals surface area contributed by atoms with Gasteiger partial charge in [-0.2, -0.15) is 9.30 Å². The van der Waals surface area contributed by atoms with Crippen LogP contribution in [0.5, 0.6) is 0 Å². The van der Waals surface area contributed by atoms with Crippen molar-refractivity contribution < 1.29 is 13.2 Å². The Kier molecular flexibility index (Phi) is 5.04. The highest BCUT2D eigenvalue weighted by molar-refractivity contribution is 7.88. The van der Waals surface area contributed by atoms with Crippen LogP contribution in [0, 0.1) is 19.3 Å². The molecule has 0 saturated heterocycles. The van der Waals surface area contributed by atoms with Gasteiger partial charge in [-0.25, -0.2) is 8.42 Å². The molecule has 0 aliphatic rings. The molecule has 1 aromatic heterocycles. The van der Waals surface area contributed by atoms with E-state index in [1.165, 1.54) is 18.4 Å². The van der Waals surface area contributed by atoms with Crippen LogP contribution in [0.3, 0.4) is 0 Å². The fourth-order valence-electron chi connectivity index (χ4n) is 1.96. The maximum absolute atomic E-state index is 12.0. The summed E-state index contributed by atoms with van der Waals surface area (Å²) in [5, 5.41) is 0. The highest BCUT2D eigenvalue weighted by atomic mass is 32.2. The van der Waals surface area contributed by atoms with Gasteiger partial charge in [0.05, 0.1) is 29.6 Å². The number of terminal acetylenes is 1. The number of hydrogen-bond acceptors (Lipinski definition) is 4. The highest BCUT2D eigenvalue weighted by Gasteiger charge is 2.15. The monoisotopic (exact) mass is 351 g/mol. The highest BCUT2D eigenvalue weighted by Crippen LogP contribution is 2.18. The van der Waals surface area contributed by atoms with Crippen LogP contribution in [-0.4, -0.2) is 43.0 Å². The van der Waals surface area contributed by atoms with E-state index in [1.807, 2.05) is 25.1 Å². The first-order valence-corrected chi connectivity index (χ1v) is 9.41. The molecule has 0 unspecified atom stereocenters. The number of rotatable bonds is 4. The van der Waals surface area contributed by atoms with Crippen molar-refractivity contribution in [2.45, 2.75) is 13.5 Å². The summed E-state index contributed by atoms with van der Waals surface area (Å²) in [7, 11) is -2.08. The van der Waals surface area contributed by atoms with Crippen LogP contribution in [0.4, 0.5) is 0 Å². The SMILES string of the molecule is C#CCn1c(=NC(=O)CN(C)S(C)(=O)=O)sc2cc(C)ccc21. The Morgan fingerprint density at radius 2 is 2.17 bits per heavy atom. The van der Waals surface area contributed by atoms with E-state index in [1.54, 1.807) is 4.57 Å². The van der Waals surface area contributed by atoms with Crippen LogP contribution < -0.4 is 4.80 Å².